The molecule has 1 aromatic rings. The fraction of sp³-hybridized carbons (Fsp3) is 0.667. The lowest BCUT2D eigenvalue weighted by atomic mass is 10.2. The number of nitrogens with zero attached hydrogens (tertiary/aromatic N) is 4. The number of rotatable bonds is 6. The molecule has 1 atom stereocenters. The Morgan fingerprint density at radius 1 is 1.23 bits per heavy atom. The largest absolute Gasteiger partial charge is 0.495 e. The minimum absolute atomic E-state index is 0. The van der Waals surface area contributed by atoms with Crippen molar-refractivity contribution in [1.29, 1.82) is 0 Å². The zero-order chi connectivity index (χ0) is 20.6. The summed E-state index contributed by atoms with van der Waals surface area (Å²) in [6.07, 6.45) is 2.29. The lowest BCUT2D eigenvalue weighted by Gasteiger charge is -2.23. The Hall–Kier alpha value is -0.970. The van der Waals surface area contributed by atoms with E-state index in [1.807, 2.05) is 25.2 Å². The van der Waals surface area contributed by atoms with E-state index in [9.17, 15) is 0 Å². The molecule has 3 rings (SSSR count). The van der Waals surface area contributed by atoms with Gasteiger partial charge >= 0.3 is 0 Å². The second-order valence-electron chi connectivity index (χ2n) is 7.89. The molecule has 2 saturated heterocycles. The molecule has 7 nitrogen and oxygen atoms in total. The van der Waals surface area contributed by atoms with Crippen LogP contribution in [0.15, 0.2) is 23.2 Å². The van der Waals surface area contributed by atoms with Crippen molar-refractivity contribution in [3.63, 3.8) is 0 Å². The highest BCUT2D eigenvalue weighted by Crippen LogP contribution is 2.33. The van der Waals surface area contributed by atoms with Crippen LogP contribution in [0, 0.1) is 0 Å². The van der Waals surface area contributed by atoms with E-state index in [1.54, 1.807) is 7.11 Å². The number of likely N-dealkylation sites (N-methyl/N-ethyl adjacent to an activating group) is 1. The Balaban J connectivity index is 0.00000320. The van der Waals surface area contributed by atoms with E-state index in [1.165, 1.54) is 19.5 Å². The van der Waals surface area contributed by atoms with Gasteiger partial charge in [0.05, 0.1) is 12.8 Å². The zero-order valence-corrected chi connectivity index (χ0v) is 21.5. The average molecular weight is 551 g/mol. The van der Waals surface area contributed by atoms with Crippen molar-refractivity contribution in [3.8, 4) is 5.75 Å². The third-order valence-electron chi connectivity index (χ3n) is 5.77. The number of halogens is 2. The van der Waals surface area contributed by atoms with E-state index >= 15 is 0 Å². The van der Waals surface area contributed by atoms with Gasteiger partial charge in [0, 0.05) is 57.4 Å². The number of nitrogens with one attached hydrogen (secondary N) is 2. The van der Waals surface area contributed by atoms with Gasteiger partial charge in [-0.05, 0) is 51.2 Å². The number of hydrogen-bond donors (Lipinski definition) is 2. The van der Waals surface area contributed by atoms with Crippen LogP contribution in [0.5, 0.6) is 5.75 Å². The van der Waals surface area contributed by atoms with Crippen molar-refractivity contribution in [2.45, 2.75) is 18.9 Å². The van der Waals surface area contributed by atoms with Gasteiger partial charge in [-0.3, -0.25) is 4.99 Å². The van der Waals surface area contributed by atoms with E-state index in [2.05, 4.69) is 37.4 Å². The van der Waals surface area contributed by atoms with Crippen LogP contribution in [-0.2, 0) is 0 Å². The molecular weight excluding hydrogens is 515 g/mol. The highest BCUT2D eigenvalue weighted by Gasteiger charge is 2.25. The fourth-order valence-corrected chi connectivity index (χ4v) is 4.22. The van der Waals surface area contributed by atoms with E-state index in [0.29, 0.717) is 6.04 Å². The van der Waals surface area contributed by atoms with E-state index < -0.39 is 0 Å². The van der Waals surface area contributed by atoms with Crippen LogP contribution in [0.4, 0.5) is 5.69 Å². The van der Waals surface area contributed by atoms with Gasteiger partial charge in [-0.15, -0.1) is 24.0 Å². The van der Waals surface area contributed by atoms with Gasteiger partial charge in [0.15, 0.2) is 5.96 Å². The molecule has 30 heavy (non-hydrogen) atoms. The van der Waals surface area contributed by atoms with Gasteiger partial charge in [-0.25, -0.2) is 0 Å². The van der Waals surface area contributed by atoms with E-state index in [0.717, 1.165) is 68.1 Å². The molecule has 2 heterocycles. The summed E-state index contributed by atoms with van der Waals surface area (Å²) < 4.78 is 5.51. The minimum Gasteiger partial charge on any atom is -0.495 e. The first-order valence-corrected chi connectivity index (χ1v) is 10.9. The molecule has 1 aromatic carbocycles. The molecule has 2 aliphatic rings. The van der Waals surface area contributed by atoms with Crippen molar-refractivity contribution < 1.29 is 4.74 Å². The molecule has 2 aliphatic heterocycles. The second kappa shape index (κ2) is 12.8. The van der Waals surface area contributed by atoms with E-state index in [4.69, 9.17) is 16.3 Å². The second-order valence-corrected chi connectivity index (χ2v) is 8.33. The Kier molecular flexibility index (Phi) is 10.8. The fourth-order valence-electron chi connectivity index (χ4n) is 4.05. The van der Waals surface area contributed by atoms with Crippen molar-refractivity contribution in [2.75, 3.05) is 78.5 Å². The lowest BCUT2D eigenvalue weighted by Crippen LogP contribution is -2.46. The highest BCUT2D eigenvalue weighted by molar-refractivity contribution is 14.0. The predicted octanol–water partition coefficient (Wildman–Crippen LogP) is 2.35. The number of ether oxygens (including phenoxy) is 1. The van der Waals surface area contributed by atoms with Crippen molar-refractivity contribution >= 4 is 47.2 Å². The zero-order valence-electron chi connectivity index (χ0n) is 18.4. The SMILES string of the molecule is CN=C(NCCN1CCCN(C)CC1)NC1CCN(c2cc(Cl)ccc2OC)C1.I. The van der Waals surface area contributed by atoms with Crippen LogP contribution in [-0.4, -0.2) is 95.4 Å². The Labute approximate surface area is 203 Å². The molecule has 0 radical (unpaired) electrons. The summed E-state index contributed by atoms with van der Waals surface area (Å²) >= 11 is 6.20. The average Bonchev–Trinajstić information content (AvgIpc) is 3.09. The number of aliphatic imine (C=N–C) groups is 1. The summed E-state index contributed by atoms with van der Waals surface area (Å²) in [4.78, 5) is 11.7. The maximum atomic E-state index is 6.20. The van der Waals surface area contributed by atoms with Gasteiger partial charge in [0.2, 0.25) is 0 Å². The number of anilines is 1. The molecule has 0 saturated carbocycles. The Bertz CT molecular complexity index is 691. The first-order chi connectivity index (χ1) is 14.1. The topological polar surface area (TPSA) is 55.4 Å². The van der Waals surface area contributed by atoms with Crippen LogP contribution < -0.4 is 20.3 Å². The number of hydrogen-bond acceptors (Lipinski definition) is 5. The lowest BCUT2D eigenvalue weighted by molar-refractivity contribution is 0.280. The minimum atomic E-state index is 0. The van der Waals surface area contributed by atoms with Gasteiger partial charge in [-0.1, -0.05) is 11.6 Å². The molecule has 2 fully saturated rings. The van der Waals surface area contributed by atoms with Gasteiger partial charge < -0.3 is 30.1 Å². The molecule has 0 spiro atoms. The summed E-state index contributed by atoms with van der Waals surface area (Å²) in [5, 5.41) is 7.78. The number of methoxy groups -OCH3 is 1. The van der Waals surface area contributed by atoms with Crippen LogP contribution in [0.2, 0.25) is 5.02 Å². The molecular formula is C21H36ClIN6O. The number of guanidine groups is 1. The van der Waals surface area contributed by atoms with Crippen molar-refractivity contribution in [1.82, 2.24) is 20.4 Å². The first kappa shape index (κ1) is 25.3. The third kappa shape index (κ3) is 7.32. The van der Waals surface area contributed by atoms with Crippen LogP contribution in [0.25, 0.3) is 0 Å². The summed E-state index contributed by atoms with van der Waals surface area (Å²) in [5.74, 6) is 1.74. The van der Waals surface area contributed by atoms with Crippen molar-refractivity contribution in [2.24, 2.45) is 4.99 Å². The monoisotopic (exact) mass is 550 g/mol. The molecule has 9 heteroatoms. The van der Waals surface area contributed by atoms with Gasteiger partial charge in [0.25, 0.3) is 0 Å². The summed E-state index contributed by atoms with van der Waals surface area (Å²) in [7, 11) is 5.74. The molecule has 170 valence electrons. The molecule has 0 bridgehead atoms. The maximum absolute atomic E-state index is 6.20. The van der Waals surface area contributed by atoms with E-state index in [-0.39, 0.29) is 24.0 Å². The molecule has 0 aliphatic carbocycles. The van der Waals surface area contributed by atoms with Crippen molar-refractivity contribution in [3.05, 3.63) is 23.2 Å². The third-order valence-corrected chi connectivity index (χ3v) is 6.00. The van der Waals surface area contributed by atoms with Gasteiger partial charge in [0.1, 0.15) is 5.75 Å². The molecule has 0 amide bonds. The molecule has 0 aromatic heterocycles. The predicted molar refractivity (Wildman–Crippen MR) is 137 cm³/mol. The summed E-state index contributed by atoms with van der Waals surface area (Å²) in [6.45, 7) is 8.48. The standard InChI is InChI=1S/C21H35ClN6O.HI/c1-23-21(24-8-12-27-10-4-9-26(2)13-14-27)25-18-7-11-28(16-18)19-15-17(22)5-6-20(19)29-3;/h5-6,15,18H,4,7-14,16H2,1-3H3,(H2,23,24,25);1H. The molecule has 2 N–H and O–H groups in total. The summed E-state index contributed by atoms with van der Waals surface area (Å²) in [5.41, 5.74) is 1.05. The van der Waals surface area contributed by atoms with Crippen LogP contribution >= 0.6 is 35.6 Å². The normalized spacial score (nSPS) is 21.1. The van der Waals surface area contributed by atoms with Gasteiger partial charge in [-0.2, -0.15) is 0 Å². The Morgan fingerprint density at radius 2 is 2.07 bits per heavy atom. The molecule has 1 unspecified atom stereocenters. The smallest absolute Gasteiger partial charge is 0.191 e. The number of benzene rings is 1. The highest BCUT2D eigenvalue weighted by atomic mass is 127. The van der Waals surface area contributed by atoms with Crippen LogP contribution in [0.3, 0.4) is 0 Å². The van der Waals surface area contributed by atoms with Crippen LogP contribution in [0.1, 0.15) is 12.8 Å². The maximum Gasteiger partial charge on any atom is 0.191 e. The summed E-state index contributed by atoms with van der Waals surface area (Å²) in [6, 6.07) is 6.12. The first-order valence-electron chi connectivity index (χ1n) is 10.6. The quantitative estimate of drug-likeness (QED) is 0.322. The Morgan fingerprint density at radius 3 is 2.83 bits per heavy atom.